The first-order valence-electron chi connectivity index (χ1n) is 5.25. The molecule has 1 aromatic heterocycles. The maximum Gasteiger partial charge on any atom is 0.177 e. The fraction of sp³-hybridized carbons (Fsp3) is 0.286. The molecule has 0 saturated carbocycles. The molecule has 84 valence electrons. The van der Waals surface area contributed by atoms with E-state index in [4.69, 9.17) is 16.0 Å². The number of hydrogen-bond acceptors (Lipinski definition) is 1. The number of allylic oxidation sites excluding steroid dienone is 4. The molecule has 0 aliphatic heterocycles. The number of rotatable bonds is 2. The van der Waals surface area contributed by atoms with Crippen LogP contribution in [0.25, 0.3) is 0 Å². The second-order valence-electron chi connectivity index (χ2n) is 3.42. The van der Waals surface area contributed by atoms with E-state index in [1.165, 1.54) is 0 Å². The molecule has 0 atom stereocenters. The molecule has 2 heteroatoms. The van der Waals surface area contributed by atoms with Gasteiger partial charge in [0.2, 0.25) is 0 Å². The van der Waals surface area contributed by atoms with Gasteiger partial charge in [-0.2, -0.15) is 0 Å². The highest BCUT2D eigenvalue weighted by Gasteiger charge is 1.94. The molecule has 1 heterocycles. The van der Waals surface area contributed by atoms with Gasteiger partial charge < -0.3 is 4.42 Å². The Hall–Kier alpha value is -1.39. The number of halogens is 1. The minimum atomic E-state index is 0.665. The molecule has 1 rings (SSSR count). The Bertz CT molecular complexity index is 462. The summed E-state index contributed by atoms with van der Waals surface area (Å²) in [5, 5.41) is 0.695. The molecule has 0 N–H and O–H groups in total. The van der Waals surface area contributed by atoms with Gasteiger partial charge in [0.1, 0.15) is 5.76 Å². The smallest absolute Gasteiger partial charge is 0.177 e. The summed E-state index contributed by atoms with van der Waals surface area (Å²) in [6.07, 6.45) is 4.93. The number of aryl methyl sites for hydroxylation is 1. The predicted octanol–water partition coefficient (Wildman–Crippen LogP) is 4.42. The first-order chi connectivity index (χ1) is 7.63. The lowest BCUT2D eigenvalue weighted by molar-refractivity contribution is 0.522. The Balaban J connectivity index is 2.89. The van der Waals surface area contributed by atoms with Gasteiger partial charge in [0, 0.05) is 10.6 Å². The second kappa shape index (κ2) is 6.25. The van der Waals surface area contributed by atoms with Crippen LogP contribution >= 0.6 is 11.6 Å². The molecule has 0 bridgehead atoms. The first kappa shape index (κ1) is 12.7. The van der Waals surface area contributed by atoms with Crippen LogP contribution in [-0.4, -0.2) is 0 Å². The number of furan rings is 1. The monoisotopic (exact) mass is 234 g/mol. The van der Waals surface area contributed by atoms with Crippen LogP contribution in [0.1, 0.15) is 31.8 Å². The van der Waals surface area contributed by atoms with E-state index in [0.29, 0.717) is 10.8 Å². The van der Waals surface area contributed by atoms with E-state index in [1.54, 1.807) is 0 Å². The zero-order valence-corrected chi connectivity index (χ0v) is 10.6. The number of hydrogen-bond donors (Lipinski definition) is 0. The molecule has 0 aliphatic carbocycles. The van der Waals surface area contributed by atoms with Gasteiger partial charge in [-0.1, -0.05) is 30.5 Å². The quantitative estimate of drug-likeness (QED) is 0.546. The van der Waals surface area contributed by atoms with Gasteiger partial charge in [0.25, 0.3) is 0 Å². The van der Waals surface area contributed by atoms with Gasteiger partial charge in [0.15, 0.2) is 5.76 Å². The summed E-state index contributed by atoms with van der Waals surface area (Å²) in [6.45, 7) is 5.80. The highest BCUT2D eigenvalue weighted by Crippen LogP contribution is 2.10. The van der Waals surface area contributed by atoms with Gasteiger partial charge in [-0.05, 0) is 44.4 Å². The minimum absolute atomic E-state index is 0.665. The van der Waals surface area contributed by atoms with E-state index in [0.717, 1.165) is 17.8 Å². The summed E-state index contributed by atoms with van der Waals surface area (Å²) in [6, 6.07) is 3.75. The lowest BCUT2D eigenvalue weighted by Crippen LogP contribution is -1.76. The third-order valence-electron chi connectivity index (χ3n) is 1.95. The standard InChI is InChI=1S/C14H15ClO/c1-4-5-6-13(12(3)15)8-10-14-9-7-11(2)16-14/h5-7,9H,4H2,1-3H3/b6-5-,13-12-. The van der Waals surface area contributed by atoms with Crippen LogP contribution in [0.5, 0.6) is 0 Å². The third-order valence-corrected chi connectivity index (χ3v) is 2.16. The zero-order valence-electron chi connectivity index (χ0n) is 9.80. The molecular weight excluding hydrogens is 220 g/mol. The van der Waals surface area contributed by atoms with Crippen molar-refractivity contribution in [3.05, 3.63) is 46.4 Å². The van der Waals surface area contributed by atoms with E-state index in [-0.39, 0.29) is 0 Å². The van der Waals surface area contributed by atoms with Crippen LogP contribution in [0.15, 0.2) is 39.3 Å². The lowest BCUT2D eigenvalue weighted by Gasteiger charge is -1.91. The van der Waals surface area contributed by atoms with Crippen LogP contribution in [0.3, 0.4) is 0 Å². The first-order valence-corrected chi connectivity index (χ1v) is 5.62. The largest absolute Gasteiger partial charge is 0.453 e. The van der Waals surface area contributed by atoms with Crippen molar-refractivity contribution in [3.8, 4) is 11.8 Å². The van der Waals surface area contributed by atoms with E-state index < -0.39 is 0 Å². The van der Waals surface area contributed by atoms with Crippen molar-refractivity contribution in [1.82, 2.24) is 0 Å². The summed E-state index contributed by atoms with van der Waals surface area (Å²) in [4.78, 5) is 0. The SMILES string of the molecule is CC/C=C\C(C#Cc1ccc(C)o1)=C(/C)Cl. The molecule has 0 aliphatic rings. The Morgan fingerprint density at radius 1 is 1.50 bits per heavy atom. The average Bonchev–Trinajstić information content (AvgIpc) is 2.64. The molecule has 0 amide bonds. The third kappa shape index (κ3) is 4.00. The summed E-state index contributed by atoms with van der Waals surface area (Å²) >= 11 is 5.95. The minimum Gasteiger partial charge on any atom is -0.453 e. The van der Waals surface area contributed by atoms with Gasteiger partial charge in [-0.3, -0.25) is 0 Å². The van der Waals surface area contributed by atoms with Crippen LogP contribution < -0.4 is 0 Å². The molecular formula is C14H15ClO. The van der Waals surface area contributed by atoms with Crippen molar-refractivity contribution in [2.45, 2.75) is 27.2 Å². The van der Waals surface area contributed by atoms with E-state index in [2.05, 4.69) is 18.8 Å². The van der Waals surface area contributed by atoms with Gasteiger partial charge in [-0.25, -0.2) is 0 Å². The zero-order chi connectivity index (χ0) is 12.0. The highest BCUT2D eigenvalue weighted by molar-refractivity contribution is 6.30. The molecule has 0 unspecified atom stereocenters. The maximum absolute atomic E-state index is 5.95. The van der Waals surface area contributed by atoms with E-state index in [9.17, 15) is 0 Å². The van der Waals surface area contributed by atoms with Gasteiger partial charge in [0.05, 0.1) is 0 Å². The second-order valence-corrected chi connectivity index (χ2v) is 3.99. The Morgan fingerprint density at radius 2 is 2.25 bits per heavy atom. The summed E-state index contributed by atoms with van der Waals surface area (Å²) in [5.74, 6) is 7.47. The molecule has 1 nitrogen and oxygen atoms in total. The van der Waals surface area contributed by atoms with E-state index >= 15 is 0 Å². The Morgan fingerprint density at radius 3 is 2.75 bits per heavy atom. The summed E-state index contributed by atoms with van der Waals surface area (Å²) in [7, 11) is 0. The molecule has 0 radical (unpaired) electrons. The van der Waals surface area contributed by atoms with Crippen molar-refractivity contribution in [3.63, 3.8) is 0 Å². The van der Waals surface area contributed by atoms with Crippen LogP contribution in [0.4, 0.5) is 0 Å². The molecule has 0 saturated heterocycles. The van der Waals surface area contributed by atoms with E-state index in [1.807, 2.05) is 38.1 Å². The van der Waals surface area contributed by atoms with Gasteiger partial charge in [-0.15, -0.1) is 0 Å². The molecule has 0 aromatic carbocycles. The predicted molar refractivity (Wildman–Crippen MR) is 68.3 cm³/mol. The highest BCUT2D eigenvalue weighted by atomic mass is 35.5. The average molecular weight is 235 g/mol. The molecule has 0 fully saturated rings. The fourth-order valence-electron chi connectivity index (χ4n) is 1.11. The normalized spacial score (nSPS) is 12.2. The van der Waals surface area contributed by atoms with Crippen LogP contribution in [0.2, 0.25) is 0 Å². The van der Waals surface area contributed by atoms with Crippen molar-refractivity contribution in [2.24, 2.45) is 0 Å². The van der Waals surface area contributed by atoms with Crippen LogP contribution in [0, 0.1) is 18.8 Å². The topological polar surface area (TPSA) is 13.1 Å². The summed E-state index contributed by atoms with van der Waals surface area (Å²) in [5.41, 5.74) is 0.831. The Kier molecular flexibility index (Phi) is 4.95. The maximum atomic E-state index is 5.95. The summed E-state index contributed by atoms with van der Waals surface area (Å²) < 4.78 is 5.35. The molecule has 1 aromatic rings. The van der Waals surface area contributed by atoms with Crippen molar-refractivity contribution in [1.29, 1.82) is 0 Å². The van der Waals surface area contributed by atoms with Gasteiger partial charge >= 0.3 is 0 Å². The Labute approximate surface area is 102 Å². The van der Waals surface area contributed by atoms with Crippen molar-refractivity contribution >= 4 is 11.6 Å². The van der Waals surface area contributed by atoms with Crippen molar-refractivity contribution < 1.29 is 4.42 Å². The molecule has 16 heavy (non-hydrogen) atoms. The lowest BCUT2D eigenvalue weighted by atomic mass is 10.2. The fourth-order valence-corrected chi connectivity index (χ4v) is 1.22. The van der Waals surface area contributed by atoms with Crippen molar-refractivity contribution in [2.75, 3.05) is 0 Å². The van der Waals surface area contributed by atoms with Crippen LogP contribution in [-0.2, 0) is 0 Å². The molecule has 0 spiro atoms.